The molecule has 0 radical (unpaired) electrons. The zero-order chi connectivity index (χ0) is 28.6. The summed E-state index contributed by atoms with van der Waals surface area (Å²) in [5.41, 5.74) is 3.07. The molecule has 12 heteroatoms. The van der Waals surface area contributed by atoms with Crippen molar-refractivity contribution in [2.45, 2.75) is 44.7 Å². The lowest BCUT2D eigenvalue weighted by Crippen LogP contribution is -2.32. The zero-order valence-corrected chi connectivity index (χ0v) is 23.4. The monoisotopic (exact) mass is 580 g/mol. The maximum Gasteiger partial charge on any atom is 0.317 e. The van der Waals surface area contributed by atoms with Crippen molar-refractivity contribution in [3.05, 3.63) is 88.7 Å². The maximum absolute atomic E-state index is 14.8. The van der Waals surface area contributed by atoms with Crippen LogP contribution in [0.1, 0.15) is 54.1 Å². The van der Waals surface area contributed by atoms with Gasteiger partial charge < -0.3 is 15.1 Å². The highest BCUT2D eigenvalue weighted by atomic mass is 32.1. The van der Waals surface area contributed by atoms with Crippen LogP contribution in [0.15, 0.2) is 70.3 Å². The highest BCUT2D eigenvalue weighted by Crippen LogP contribution is 2.44. The molecule has 0 spiro atoms. The van der Waals surface area contributed by atoms with Gasteiger partial charge in [-0.05, 0) is 18.9 Å². The standard InChI is InChI=1S/C30H25FN8O2S/c1-2-21-32-14-18(15-33-21)25-24(36-29(42-25)17-10-6-11-17)28-38-39-30(41-28)37-26-27(40)35-23-19(12-7-13-20(23)31)22(34-26)16-8-4-3-5-9-16/h3-5,7-9,12-15,17,26H,2,6,10-11H2,1H3,(H,35,40)(H,37,39)/t26-/m0/s1. The molecule has 42 heavy (non-hydrogen) atoms. The largest absolute Gasteiger partial charge is 0.402 e. The van der Waals surface area contributed by atoms with Crippen molar-refractivity contribution < 1.29 is 13.6 Å². The van der Waals surface area contributed by atoms with E-state index in [1.165, 1.54) is 12.5 Å². The van der Waals surface area contributed by atoms with Gasteiger partial charge in [0.1, 0.15) is 17.3 Å². The molecule has 0 saturated heterocycles. The van der Waals surface area contributed by atoms with E-state index >= 15 is 0 Å². The van der Waals surface area contributed by atoms with Gasteiger partial charge in [-0.1, -0.05) is 60.9 Å². The molecule has 3 aromatic heterocycles. The molecular formula is C30H25FN8O2S. The van der Waals surface area contributed by atoms with E-state index < -0.39 is 17.9 Å². The van der Waals surface area contributed by atoms with E-state index in [2.05, 4.69) is 35.8 Å². The van der Waals surface area contributed by atoms with E-state index in [-0.39, 0.29) is 17.6 Å². The fourth-order valence-corrected chi connectivity index (χ4v) is 6.08. The first kappa shape index (κ1) is 26.1. The number of anilines is 2. The normalized spacial score (nSPS) is 16.7. The van der Waals surface area contributed by atoms with Gasteiger partial charge in [-0.15, -0.1) is 16.4 Å². The third-order valence-electron chi connectivity index (χ3n) is 7.34. The Morgan fingerprint density at radius 3 is 2.60 bits per heavy atom. The molecule has 1 aliphatic heterocycles. The van der Waals surface area contributed by atoms with Crippen LogP contribution in [0.3, 0.4) is 0 Å². The second kappa shape index (κ2) is 10.9. The summed E-state index contributed by atoms with van der Waals surface area (Å²) in [5, 5.41) is 15.0. The molecule has 1 aliphatic carbocycles. The van der Waals surface area contributed by atoms with E-state index in [1.54, 1.807) is 35.9 Å². The summed E-state index contributed by atoms with van der Waals surface area (Å²) >= 11 is 1.58. The number of nitrogens with zero attached hydrogens (tertiary/aromatic N) is 6. The minimum absolute atomic E-state index is 0.0190. The zero-order valence-electron chi connectivity index (χ0n) is 22.5. The average molecular weight is 581 g/mol. The predicted molar refractivity (Wildman–Crippen MR) is 157 cm³/mol. The lowest BCUT2D eigenvalue weighted by Gasteiger charge is -2.22. The molecule has 1 amide bonds. The first-order chi connectivity index (χ1) is 20.6. The molecule has 1 atom stereocenters. The van der Waals surface area contributed by atoms with Crippen molar-refractivity contribution in [2.75, 3.05) is 10.6 Å². The summed E-state index contributed by atoms with van der Waals surface area (Å²) in [5.74, 6) is 0.236. The highest BCUT2D eigenvalue weighted by Gasteiger charge is 2.31. The van der Waals surface area contributed by atoms with Gasteiger partial charge in [0.25, 0.3) is 11.8 Å². The molecule has 7 rings (SSSR count). The van der Waals surface area contributed by atoms with Gasteiger partial charge >= 0.3 is 6.01 Å². The number of benzene rings is 2. The average Bonchev–Trinajstić information content (AvgIpc) is 3.60. The first-order valence-electron chi connectivity index (χ1n) is 13.7. The van der Waals surface area contributed by atoms with Gasteiger partial charge in [0.05, 0.1) is 21.3 Å². The molecule has 210 valence electrons. The highest BCUT2D eigenvalue weighted by molar-refractivity contribution is 7.15. The van der Waals surface area contributed by atoms with Crippen molar-refractivity contribution in [3.63, 3.8) is 0 Å². The van der Waals surface area contributed by atoms with Gasteiger partial charge in [-0.3, -0.25) is 4.79 Å². The van der Waals surface area contributed by atoms with Crippen LogP contribution in [0, 0.1) is 5.82 Å². The van der Waals surface area contributed by atoms with Crippen molar-refractivity contribution in [1.29, 1.82) is 0 Å². The minimum Gasteiger partial charge on any atom is -0.402 e. The number of carbonyl (C=O) groups excluding carboxylic acids is 1. The Kier molecular flexibility index (Phi) is 6.74. The fraction of sp³-hybridized carbons (Fsp3) is 0.233. The smallest absolute Gasteiger partial charge is 0.317 e. The minimum atomic E-state index is -1.17. The molecule has 2 N–H and O–H groups in total. The SMILES string of the molecule is CCc1ncc(-c2sc(C3CCC3)nc2-c2nnc(N[C@@H]3N=C(c4ccccc4)c4cccc(F)c4NC3=O)o2)cn1. The van der Waals surface area contributed by atoms with Gasteiger partial charge in [0.2, 0.25) is 6.17 Å². The number of halogens is 1. The van der Waals surface area contributed by atoms with Crippen LogP contribution in [0.25, 0.3) is 22.0 Å². The molecule has 4 heterocycles. The summed E-state index contributed by atoms with van der Waals surface area (Å²) in [6.45, 7) is 2.01. The summed E-state index contributed by atoms with van der Waals surface area (Å²) in [6.07, 6.45) is 6.51. The second-order valence-electron chi connectivity index (χ2n) is 10.1. The van der Waals surface area contributed by atoms with E-state index in [0.717, 1.165) is 46.1 Å². The van der Waals surface area contributed by atoms with Crippen molar-refractivity contribution >= 4 is 34.7 Å². The van der Waals surface area contributed by atoms with Crippen LogP contribution >= 0.6 is 11.3 Å². The van der Waals surface area contributed by atoms with E-state index in [1.807, 2.05) is 37.3 Å². The molecule has 2 aliphatic rings. The molecule has 0 unspecified atom stereocenters. The van der Waals surface area contributed by atoms with Crippen molar-refractivity contribution in [3.8, 4) is 22.0 Å². The van der Waals surface area contributed by atoms with E-state index in [9.17, 15) is 9.18 Å². The lowest BCUT2D eigenvalue weighted by molar-refractivity contribution is -0.116. The van der Waals surface area contributed by atoms with E-state index in [0.29, 0.717) is 22.9 Å². The second-order valence-corrected chi connectivity index (χ2v) is 11.1. The van der Waals surface area contributed by atoms with Crippen LogP contribution in [0.5, 0.6) is 0 Å². The summed E-state index contributed by atoms with van der Waals surface area (Å²) < 4.78 is 20.8. The topological polar surface area (TPSA) is 131 Å². The molecule has 0 bridgehead atoms. The molecule has 2 aromatic carbocycles. The lowest BCUT2D eigenvalue weighted by atomic mass is 9.86. The van der Waals surface area contributed by atoms with E-state index in [4.69, 9.17) is 9.40 Å². The molecule has 1 fully saturated rings. The number of aromatic nitrogens is 5. The number of para-hydroxylation sites is 1. The van der Waals surface area contributed by atoms with Crippen LogP contribution in [-0.4, -0.2) is 42.9 Å². The number of hydrogen-bond acceptors (Lipinski definition) is 10. The number of fused-ring (bicyclic) bond motifs is 1. The van der Waals surface area contributed by atoms with Crippen molar-refractivity contribution in [2.24, 2.45) is 4.99 Å². The number of rotatable bonds is 7. The first-order valence-corrected chi connectivity index (χ1v) is 14.5. The number of hydrogen-bond donors (Lipinski definition) is 2. The number of thiazole rings is 1. The fourth-order valence-electron chi connectivity index (χ4n) is 4.88. The number of amides is 1. The Morgan fingerprint density at radius 1 is 1.05 bits per heavy atom. The third kappa shape index (κ3) is 4.83. The number of nitrogens with one attached hydrogen (secondary N) is 2. The predicted octanol–water partition coefficient (Wildman–Crippen LogP) is 5.85. The van der Waals surface area contributed by atoms with Crippen molar-refractivity contribution in [1.82, 2.24) is 25.1 Å². The Balaban J connectivity index is 1.23. The van der Waals surface area contributed by atoms with Crippen LogP contribution in [-0.2, 0) is 11.2 Å². The Hall–Kier alpha value is -4.84. The summed E-state index contributed by atoms with van der Waals surface area (Å²) in [4.78, 5) is 32.6. The van der Waals surface area contributed by atoms with Crippen LogP contribution < -0.4 is 10.6 Å². The van der Waals surface area contributed by atoms with Gasteiger partial charge in [0.15, 0.2) is 0 Å². The molecule has 10 nitrogen and oxygen atoms in total. The Labute approximate surface area is 244 Å². The quantitative estimate of drug-likeness (QED) is 0.245. The molecule has 1 saturated carbocycles. The number of aliphatic imine (C=N–C) groups is 1. The summed E-state index contributed by atoms with van der Waals surface area (Å²) in [7, 11) is 0. The summed E-state index contributed by atoms with van der Waals surface area (Å²) in [6, 6.07) is 13.9. The number of carbonyl (C=O) groups is 1. The van der Waals surface area contributed by atoms with Gasteiger partial charge in [0, 0.05) is 41.4 Å². The Bertz CT molecular complexity index is 1800. The van der Waals surface area contributed by atoms with Gasteiger partial charge in [-0.2, -0.15) is 0 Å². The van der Waals surface area contributed by atoms with Gasteiger partial charge in [-0.25, -0.2) is 24.3 Å². The van der Waals surface area contributed by atoms with Crippen LogP contribution in [0.4, 0.5) is 16.1 Å². The van der Waals surface area contributed by atoms with Crippen LogP contribution in [0.2, 0.25) is 0 Å². The third-order valence-corrected chi connectivity index (χ3v) is 8.61. The number of aryl methyl sites for hydroxylation is 1. The number of benzodiazepines with no additional fused rings is 1. The molecular weight excluding hydrogens is 555 g/mol. The maximum atomic E-state index is 14.8. The Morgan fingerprint density at radius 2 is 1.86 bits per heavy atom. The molecule has 5 aromatic rings.